The van der Waals surface area contributed by atoms with Gasteiger partial charge in [-0.2, -0.15) is 0 Å². The summed E-state index contributed by atoms with van der Waals surface area (Å²) < 4.78 is 26.5. The summed E-state index contributed by atoms with van der Waals surface area (Å²) in [5.74, 6) is -3.40. The highest BCUT2D eigenvalue weighted by atomic mass is 19.1. The minimum absolute atomic E-state index is 0.0627. The average Bonchev–Trinajstić information content (AvgIpc) is 2.36. The molecule has 0 radical (unpaired) electrons. The summed E-state index contributed by atoms with van der Waals surface area (Å²) in [5.41, 5.74) is -0.454. The van der Waals surface area contributed by atoms with Gasteiger partial charge in [-0.15, -0.1) is 0 Å². The molecule has 0 aromatic heterocycles. The van der Waals surface area contributed by atoms with E-state index in [2.05, 4.69) is 0 Å². The smallest absolute Gasteiger partial charge is 0.229 e. The predicted molar refractivity (Wildman–Crippen MR) is 65.8 cm³/mol. The Hall–Kier alpha value is -2.11. The van der Waals surface area contributed by atoms with Gasteiger partial charge >= 0.3 is 0 Å². The lowest BCUT2D eigenvalue weighted by Crippen LogP contribution is -2.45. The maximum Gasteiger partial charge on any atom is 0.229 e. The van der Waals surface area contributed by atoms with Crippen LogP contribution in [0, 0.1) is 17.6 Å². The van der Waals surface area contributed by atoms with Gasteiger partial charge in [-0.25, -0.2) is 8.78 Å². The standard InChI is InChI=1S/C14H13F2NO3/c1-8-4-13(19)17(14(20)5-8)7-12(18)10-6-9(15)2-3-11(10)16/h2-3,6,8H,4-5,7H2,1H3. The Morgan fingerprint density at radius 3 is 2.45 bits per heavy atom. The van der Waals surface area contributed by atoms with E-state index in [0.717, 1.165) is 23.1 Å². The molecular weight excluding hydrogens is 268 g/mol. The Morgan fingerprint density at radius 2 is 1.85 bits per heavy atom. The molecule has 1 aliphatic heterocycles. The molecule has 0 atom stereocenters. The van der Waals surface area contributed by atoms with Crippen molar-refractivity contribution in [1.29, 1.82) is 0 Å². The van der Waals surface area contributed by atoms with Crippen molar-refractivity contribution >= 4 is 17.6 Å². The number of nitrogens with zero attached hydrogens (tertiary/aromatic N) is 1. The molecule has 1 fully saturated rings. The minimum atomic E-state index is -0.873. The van der Waals surface area contributed by atoms with E-state index in [1.807, 2.05) is 0 Å². The highest BCUT2D eigenvalue weighted by molar-refractivity contribution is 6.05. The quantitative estimate of drug-likeness (QED) is 0.628. The van der Waals surface area contributed by atoms with Crippen LogP contribution in [0.2, 0.25) is 0 Å². The maximum atomic E-state index is 13.5. The zero-order valence-corrected chi connectivity index (χ0v) is 10.9. The number of likely N-dealkylation sites (tertiary alicyclic amines) is 1. The van der Waals surface area contributed by atoms with Crippen LogP contribution >= 0.6 is 0 Å². The number of rotatable bonds is 3. The van der Waals surface area contributed by atoms with Gasteiger partial charge < -0.3 is 0 Å². The molecule has 20 heavy (non-hydrogen) atoms. The van der Waals surface area contributed by atoms with Gasteiger partial charge in [0.15, 0.2) is 5.78 Å². The number of halogens is 2. The van der Waals surface area contributed by atoms with Crippen molar-refractivity contribution in [2.45, 2.75) is 19.8 Å². The molecule has 1 saturated heterocycles. The molecular formula is C14H13F2NO3. The molecule has 0 spiro atoms. The highest BCUT2D eigenvalue weighted by Gasteiger charge is 2.32. The van der Waals surface area contributed by atoms with Crippen molar-refractivity contribution in [2.75, 3.05) is 6.54 Å². The van der Waals surface area contributed by atoms with Crippen LogP contribution in [0.3, 0.4) is 0 Å². The molecule has 2 rings (SSSR count). The minimum Gasteiger partial charge on any atom is -0.292 e. The van der Waals surface area contributed by atoms with Gasteiger partial charge in [-0.3, -0.25) is 19.3 Å². The molecule has 106 valence electrons. The first-order chi connectivity index (χ1) is 9.38. The number of imide groups is 1. The van der Waals surface area contributed by atoms with Gasteiger partial charge in [0, 0.05) is 12.8 Å². The van der Waals surface area contributed by atoms with Gasteiger partial charge in [0.1, 0.15) is 11.6 Å². The summed E-state index contributed by atoms with van der Waals surface area (Å²) in [6.07, 6.45) is 0.343. The predicted octanol–water partition coefficient (Wildman–Crippen LogP) is 1.93. The van der Waals surface area contributed by atoms with Crippen molar-refractivity contribution < 1.29 is 23.2 Å². The van der Waals surface area contributed by atoms with Crippen molar-refractivity contribution in [3.63, 3.8) is 0 Å². The first kappa shape index (κ1) is 14.3. The van der Waals surface area contributed by atoms with Crippen LogP contribution in [-0.4, -0.2) is 29.0 Å². The third-order valence-corrected chi connectivity index (χ3v) is 3.18. The van der Waals surface area contributed by atoms with Crippen LogP contribution in [-0.2, 0) is 9.59 Å². The van der Waals surface area contributed by atoms with E-state index in [1.54, 1.807) is 6.92 Å². The summed E-state index contributed by atoms with van der Waals surface area (Å²) in [6, 6.07) is 2.49. The summed E-state index contributed by atoms with van der Waals surface area (Å²) in [4.78, 5) is 36.2. The number of carbonyl (C=O) groups is 3. The maximum absolute atomic E-state index is 13.5. The van der Waals surface area contributed by atoms with E-state index in [9.17, 15) is 23.2 Å². The normalized spacial score (nSPS) is 16.6. The zero-order chi connectivity index (χ0) is 14.9. The lowest BCUT2D eigenvalue weighted by molar-refractivity contribution is -0.149. The Bertz CT molecular complexity index is 568. The van der Waals surface area contributed by atoms with Gasteiger partial charge in [-0.1, -0.05) is 6.92 Å². The first-order valence-electron chi connectivity index (χ1n) is 6.20. The van der Waals surface area contributed by atoms with Gasteiger partial charge in [0.2, 0.25) is 11.8 Å². The molecule has 4 nitrogen and oxygen atoms in total. The molecule has 1 aromatic rings. The number of amides is 2. The molecule has 1 aromatic carbocycles. The molecule has 2 amide bonds. The SMILES string of the molecule is CC1CC(=O)N(CC(=O)c2cc(F)ccc2F)C(=O)C1. The topological polar surface area (TPSA) is 54.5 Å². The highest BCUT2D eigenvalue weighted by Crippen LogP contribution is 2.19. The Labute approximate surface area is 114 Å². The molecule has 0 unspecified atom stereocenters. The Kier molecular flexibility index (Phi) is 3.92. The molecule has 1 aliphatic rings. The van der Waals surface area contributed by atoms with Gasteiger partial charge in [0.25, 0.3) is 0 Å². The third-order valence-electron chi connectivity index (χ3n) is 3.18. The van der Waals surface area contributed by atoms with Crippen molar-refractivity contribution in [3.05, 3.63) is 35.4 Å². The van der Waals surface area contributed by atoms with E-state index >= 15 is 0 Å². The fourth-order valence-electron chi connectivity index (χ4n) is 2.14. The van der Waals surface area contributed by atoms with Crippen LogP contribution in [0.5, 0.6) is 0 Å². The third kappa shape index (κ3) is 2.89. The second-order valence-electron chi connectivity index (χ2n) is 4.93. The van der Waals surface area contributed by atoms with Crippen LogP contribution in [0.15, 0.2) is 18.2 Å². The number of piperidine rings is 1. The Balaban J connectivity index is 2.17. The summed E-state index contributed by atoms with van der Waals surface area (Å²) in [7, 11) is 0. The number of hydrogen-bond donors (Lipinski definition) is 0. The monoisotopic (exact) mass is 281 g/mol. The van der Waals surface area contributed by atoms with Crippen LogP contribution in [0.4, 0.5) is 8.78 Å². The van der Waals surface area contributed by atoms with E-state index in [0.29, 0.717) is 0 Å². The fraction of sp³-hybridized carbons (Fsp3) is 0.357. The van der Waals surface area contributed by atoms with Crippen molar-refractivity contribution in [2.24, 2.45) is 5.92 Å². The second-order valence-corrected chi connectivity index (χ2v) is 4.93. The van der Waals surface area contributed by atoms with Crippen LogP contribution < -0.4 is 0 Å². The lowest BCUT2D eigenvalue weighted by atomic mass is 9.97. The van der Waals surface area contributed by atoms with E-state index in [1.165, 1.54) is 0 Å². The molecule has 0 saturated carbocycles. The number of benzene rings is 1. The largest absolute Gasteiger partial charge is 0.292 e. The van der Waals surface area contributed by atoms with Crippen molar-refractivity contribution in [1.82, 2.24) is 4.90 Å². The number of hydrogen-bond acceptors (Lipinski definition) is 3. The fourth-order valence-corrected chi connectivity index (χ4v) is 2.14. The van der Waals surface area contributed by atoms with Crippen molar-refractivity contribution in [3.8, 4) is 0 Å². The lowest BCUT2D eigenvalue weighted by Gasteiger charge is -2.27. The summed E-state index contributed by atoms with van der Waals surface area (Å²) in [5, 5.41) is 0. The van der Waals surface area contributed by atoms with Crippen LogP contribution in [0.1, 0.15) is 30.1 Å². The first-order valence-corrected chi connectivity index (χ1v) is 6.20. The number of ketones is 1. The molecule has 6 heteroatoms. The van der Waals surface area contributed by atoms with Gasteiger partial charge in [0.05, 0.1) is 12.1 Å². The van der Waals surface area contributed by atoms with Crippen LogP contribution in [0.25, 0.3) is 0 Å². The molecule has 0 N–H and O–H groups in total. The molecule has 1 heterocycles. The Morgan fingerprint density at radius 1 is 1.25 bits per heavy atom. The van der Waals surface area contributed by atoms with Gasteiger partial charge in [-0.05, 0) is 24.1 Å². The number of carbonyl (C=O) groups excluding carboxylic acids is 3. The average molecular weight is 281 g/mol. The molecule has 0 aliphatic carbocycles. The summed E-state index contributed by atoms with van der Waals surface area (Å²) in [6.45, 7) is 1.21. The van der Waals surface area contributed by atoms with E-state index in [4.69, 9.17) is 0 Å². The summed E-state index contributed by atoms with van der Waals surface area (Å²) >= 11 is 0. The van der Waals surface area contributed by atoms with E-state index < -0.39 is 41.3 Å². The van der Waals surface area contributed by atoms with E-state index in [-0.39, 0.29) is 18.8 Å². The molecule has 0 bridgehead atoms. The zero-order valence-electron chi connectivity index (χ0n) is 10.9. The number of Topliss-reactive ketones (excluding diaryl/α,β-unsaturated/α-hetero) is 1. The second kappa shape index (κ2) is 5.48.